The number of fused-ring (bicyclic) bond motifs is 1. The summed E-state index contributed by atoms with van der Waals surface area (Å²) in [5.41, 5.74) is -0.102. The van der Waals surface area contributed by atoms with Gasteiger partial charge in [-0.2, -0.15) is 8.42 Å². The molecule has 0 aliphatic carbocycles. The van der Waals surface area contributed by atoms with Gasteiger partial charge in [-0.1, -0.05) is 18.2 Å². The zero-order chi connectivity index (χ0) is 19.0. The quantitative estimate of drug-likeness (QED) is 0.864. The highest BCUT2D eigenvalue weighted by Crippen LogP contribution is 2.47. The molecule has 2 aromatic rings. The van der Waals surface area contributed by atoms with Gasteiger partial charge >= 0.3 is 10.2 Å². The van der Waals surface area contributed by atoms with Gasteiger partial charge in [0.2, 0.25) is 0 Å². The molecule has 2 aromatic carbocycles. The molecule has 2 heterocycles. The molecule has 9 heteroatoms. The van der Waals surface area contributed by atoms with E-state index in [2.05, 4.69) is 5.32 Å². The maximum Gasteiger partial charge on any atom is 0.331 e. The highest BCUT2D eigenvalue weighted by Gasteiger charge is 2.44. The third kappa shape index (κ3) is 3.15. The first kappa shape index (κ1) is 18.1. The minimum Gasteiger partial charge on any atom is -0.376 e. The third-order valence-electron chi connectivity index (χ3n) is 4.67. The lowest BCUT2D eigenvalue weighted by molar-refractivity contribution is 0.0253. The molecule has 0 aromatic heterocycles. The number of morpholine rings is 1. The van der Waals surface area contributed by atoms with Gasteiger partial charge in [0.05, 0.1) is 24.1 Å². The summed E-state index contributed by atoms with van der Waals surface area (Å²) in [5, 5.41) is 3.18. The van der Waals surface area contributed by atoms with E-state index in [4.69, 9.17) is 4.74 Å². The summed E-state index contributed by atoms with van der Waals surface area (Å²) < 4.78 is 62.8. The van der Waals surface area contributed by atoms with Gasteiger partial charge in [0.15, 0.2) is 0 Å². The maximum absolute atomic E-state index is 14.6. The van der Waals surface area contributed by atoms with Crippen molar-refractivity contribution in [1.82, 2.24) is 5.32 Å². The highest BCUT2D eigenvalue weighted by atomic mass is 32.2. The number of hydrogen-bond donors (Lipinski definition) is 1. The summed E-state index contributed by atoms with van der Waals surface area (Å²) in [6, 6.07) is 9.63. The van der Waals surface area contributed by atoms with Gasteiger partial charge in [-0.3, -0.25) is 0 Å². The molecular formula is C18H19F2N3O3S. The number of halogens is 2. The summed E-state index contributed by atoms with van der Waals surface area (Å²) in [4.78, 5) is 0. The summed E-state index contributed by atoms with van der Waals surface area (Å²) in [5.74, 6) is -1.37. The third-order valence-corrected chi connectivity index (χ3v) is 6.45. The van der Waals surface area contributed by atoms with Gasteiger partial charge in [0.1, 0.15) is 17.3 Å². The SMILES string of the molecule is O=S1(=O)N(CC[C@H]2CNCCO2)c2c(F)cccc2N1c1ccccc1F. The Labute approximate surface area is 156 Å². The van der Waals surface area contributed by atoms with Gasteiger partial charge in [-0.25, -0.2) is 17.4 Å². The first-order chi connectivity index (χ1) is 13.0. The molecule has 0 unspecified atom stereocenters. The van der Waals surface area contributed by atoms with Crippen LogP contribution in [0.15, 0.2) is 42.5 Å². The largest absolute Gasteiger partial charge is 0.376 e. The number of rotatable bonds is 4. The molecule has 1 fully saturated rings. The molecule has 0 spiro atoms. The fourth-order valence-corrected chi connectivity index (χ4v) is 5.15. The zero-order valence-corrected chi connectivity index (χ0v) is 15.3. The second kappa shape index (κ2) is 7.06. The predicted molar refractivity (Wildman–Crippen MR) is 98.4 cm³/mol. The van der Waals surface area contributed by atoms with Crippen LogP contribution in [-0.4, -0.2) is 40.8 Å². The topological polar surface area (TPSA) is 61.9 Å². The predicted octanol–water partition coefficient (Wildman–Crippen LogP) is 2.55. The summed E-state index contributed by atoms with van der Waals surface area (Å²) in [7, 11) is -4.18. The van der Waals surface area contributed by atoms with Crippen LogP contribution in [0.4, 0.5) is 25.8 Å². The van der Waals surface area contributed by atoms with Gasteiger partial charge < -0.3 is 10.1 Å². The molecular weight excluding hydrogens is 376 g/mol. The number of para-hydroxylation sites is 2. The second-order valence-corrected chi connectivity index (χ2v) is 8.09. The number of anilines is 3. The lowest BCUT2D eigenvalue weighted by Crippen LogP contribution is -2.42. The molecule has 0 amide bonds. The standard InChI is InChI=1S/C18H19F2N3O3S/c19-14-4-1-2-6-16(14)23-17-7-3-5-15(20)18(17)22(27(23,24)25)10-8-13-12-21-9-11-26-13/h1-7,13,21H,8-12H2/t13-/m0/s1. The molecule has 4 rings (SSSR count). The summed E-state index contributed by atoms with van der Waals surface area (Å²) in [6.07, 6.45) is 0.233. The molecule has 1 saturated heterocycles. The van der Waals surface area contributed by atoms with Crippen molar-refractivity contribution in [2.75, 3.05) is 34.9 Å². The minimum atomic E-state index is -4.18. The summed E-state index contributed by atoms with van der Waals surface area (Å²) in [6.45, 7) is 1.93. The fourth-order valence-electron chi connectivity index (χ4n) is 3.42. The van der Waals surface area contributed by atoms with Crippen LogP contribution in [0.5, 0.6) is 0 Å². The van der Waals surface area contributed by atoms with Crippen molar-refractivity contribution in [1.29, 1.82) is 0 Å². The Hall–Kier alpha value is -2.23. The normalized spacial score (nSPS) is 21.3. The Balaban J connectivity index is 1.73. The van der Waals surface area contributed by atoms with Crippen molar-refractivity contribution in [2.45, 2.75) is 12.5 Å². The molecule has 0 radical (unpaired) electrons. The molecule has 1 N–H and O–H groups in total. The van der Waals surface area contributed by atoms with E-state index in [0.29, 0.717) is 19.6 Å². The number of ether oxygens (including phenoxy) is 1. The molecule has 27 heavy (non-hydrogen) atoms. The lowest BCUT2D eigenvalue weighted by Gasteiger charge is -2.26. The first-order valence-electron chi connectivity index (χ1n) is 8.68. The minimum absolute atomic E-state index is 0.0353. The Morgan fingerprint density at radius 1 is 1.07 bits per heavy atom. The van der Waals surface area contributed by atoms with Gasteiger partial charge in [-0.15, -0.1) is 0 Å². The Morgan fingerprint density at radius 2 is 1.81 bits per heavy atom. The van der Waals surface area contributed by atoms with Crippen LogP contribution in [0, 0.1) is 11.6 Å². The van der Waals surface area contributed by atoms with Gasteiger partial charge in [0.25, 0.3) is 0 Å². The number of nitrogens with zero attached hydrogens (tertiary/aromatic N) is 2. The van der Waals surface area contributed by atoms with E-state index in [1.807, 2.05) is 0 Å². The highest BCUT2D eigenvalue weighted by molar-refractivity contribution is 7.95. The Kier molecular flexibility index (Phi) is 4.75. The Bertz CT molecular complexity index is 949. The fraction of sp³-hybridized carbons (Fsp3) is 0.333. The Morgan fingerprint density at radius 3 is 2.56 bits per heavy atom. The number of benzene rings is 2. The molecule has 2 aliphatic heterocycles. The van der Waals surface area contributed by atoms with Crippen LogP contribution in [0.3, 0.4) is 0 Å². The van der Waals surface area contributed by atoms with Crippen molar-refractivity contribution >= 4 is 27.3 Å². The molecule has 144 valence electrons. The van der Waals surface area contributed by atoms with Crippen molar-refractivity contribution in [3.05, 3.63) is 54.1 Å². The van der Waals surface area contributed by atoms with Crippen LogP contribution in [0.2, 0.25) is 0 Å². The smallest absolute Gasteiger partial charge is 0.331 e. The van der Waals surface area contributed by atoms with E-state index in [1.165, 1.54) is 42.5 Å². The average molecular weight is 395 g/mol. The van der Waals surface area contributed by atoms with E-state index >= 15 is 0 Å². The average Bonchev–Trinajstić information content (AvgIpc) is 2.89. The molecule has 0 saturated carbocycles. The monoisotopic (exact) mass is 395 g/mol. The van der Waals surface area contributed by atoms with E-state index in [-0.39, 0.29) is 29.7 Å². The van der Waals surface area contributed by atoms with E-state index in [9.17, 15) is 17.2 Å². The van der Waals surface area contributed by atoms with Crippen LogP contribution in [-0.2, 0) is 14.9 Å². The van der Waals surface area contributed by atoms with E-state index in [1.54, 1.807) is 0 Å². The lowest BCUT2D eigenvalue weighted by atomic mass is 10.2. The van der Waals surface area contributed by atoms with Crippen molar-refractivity contribution in [3.8, 4) is 0 Å². The molecule has 6 nitrogen and oxygen atoms in total. The molecule has 1 atom stereocenters. The number of hydrogen-bond acceptors (Lipinski definition) is 4. The first-order valence-corrected chi connectivity index (χ1v) is 10.1. The number of nitrogens with one attached hydrogen (secondary N) is 1. The van der Waals surface area contributed by atoms with Crippen LogP contribution < -0.4 is 13.9 Å². The van der Waals surface area contributed by atoms with Crippen LogP contribution in [0.1, 0.15) is 6.42 Å². The second-order valence-electron chi connectivity index (χ2n) is 6.39. The molecule has 0 bridgehead atoms. The van der Waals surface area contributed by atoms with Crippen molar-refractivity contribution < 1.29 is 21.9 Å². The van der Waals surface area contributed by atoms with Crippen LogP contribution in [0.25, 0.3) is 0 Å². The van der Waals surface area contributed by atoms with Crippen molar-refractivity contribution in [3.63, 3.8) is 0 Å². The van der Waals surface area contributed by atoms with E-state index < -0.39 is 21.8 Å². The van der Waals surface area contributed by atoms with Gasteiger partial charge in [0, 0.05) is 19.6 Å². The van der Waals surface area contributed by atoms with Crippen molar-refractivity contribution in [2.24, 2.45) is 0 Å². The molecule has 2 aliphatic rings. The van der Waals surface area contributed by atoms with Gasteiger partial charge in [-0.05, 0) is 30.7 Å². The zero-order valence-electron chi connectivity index (χ0n) is 14.4. The maximum atomic E-state index is 14.6. The van der Waals surface area contributed by atoms with E-state index in [0.717, 1.165) is 15.2 Å². The van der Waals surface area contributed by atoms with Crippen LogP contribution >= 0.6 is 0 Å². The summed E-state index contributed by atoms with van der Waals surface area (Å²) >= 11 is 0.